The Morgan fingerprint density at radius 1 is 1.18 bits per heavy atom. The first-order valence-corrected chi connectivity index (χ1v) is 6.68. The molecule has 0 aliphatic carbocycles. The first-order chi connectivity index (χ1) is 8.36. The van der Waals surface area contributed by atoms with E-state index in [9.17, 15) is 0 Å². The second-order valence-electron chi connectivity index (χ2n) is 4.74. The van der Waals surface area contributed by atoms with Gasteiger partial charge in [-0.15, -0.1) is 0 Å². The SMILES string of the molecule is Cc1ccccc1CCNC1=NCCCCC1. The van der Waals surface area contributed by atoms with Crippen molar-refractivity contribution in [2.24, 2.45) is 4.99 Å². The highest BCUT2D eigenvalue weighted by Gasteiger charge is 2.03. The van der Waals surface area contributed by atoms with E-state index in [0.717, 1.165) is 25.9 Å². The summed E-state index contributed by atoms with van der Waals surface area (Å²) >= 11 is 0. The maximum atomic E-state index is 4.58. The van der Waals surface area contributed by atoms with Crippen LogP contribution in [0.3, 0.4) is 0 Å². The molecule has 0 spiro atoms. The van der Waals surface area contributed by atoms with E-state index in [1.54, 1.807) is 0 Å². The number of hydrogen-bond donors (Lipinski definition) is 1. The maximum absolute atomic E-state index is 4.58. The van der Waals surface area contributed by atoms with Crippen molar-refractivity contribution < 1.29 is 0 Å². The lowest BCUT2D eigenvalue weighted by Gasteiger charge is -2.09. The lowest BCUT2D eigenvalue weighted by molar-refractivity contribution is 0.728. The molecule has 1 aliphatic rings. The number of aryl methyl sites for hydroxylation is 1. The molecule has 17 heavy (non-hydrogen) atoms. The summed E-state index contributed by atoms with van der Waals surface area (Å²) in [6.07, 6.45) is 6.09. The van der Waals surface area contributed by atoms with E-state index in [2.05, 4.69) is 41.5 Å². The van der Waals surface area contributed by atoms with Crippen LogP contribution >= 0.6 is 0 Å². The lowest BCUT2D eigenvalue weighted by atomic mass is 10.1. The minimum Gasteiger partial charge on any atom is -0.374 e. The fourth-order valence-corrected chi connectivity index (χ4v) is 2.25. The smallest absolute Gasteiger partial charge is 0.0963 e. The van der Waals surface area contributed by atoms with E-state index in [-0.39, 0.29) is 0 Å². The first kappa shape index (κ1) is 12.2. The third-order valence-corrected chi connectivity index (χ3v) is 3.36. The highest BCUT2D eigenvalue weighted by atomic mass is 15.0. The fraction of sp³-hybridized carbons (Fsp3) is 0.533. The zero-order valence-corrected chi connectivity index (χ0v) is 10.7. The number of amidine groups is 1. The van der Waals surface area contributed by atoms with Gasteiger partial charge in [0, 0.05) is 19.5 Å². The Labute approximate surface area is 104 Å². The third-order valence-electron chi connectivity index (χ3n) is 3.36. The Balaban J connectivity index is 1.79. The monoisotopic (exact) mass is 230 g/mol. The van der Waals surface area contributed by atoms with Crippen molar-refractivity contribution in [3.63, 3.8) is 0 Å². The molecular formula is C15H22N2. The minimum absolute atomic E-state index is 1.00. The Bertz CT molecular complexity index is 382. The summed E-state index contributed by atoms with van der Waals surface area (Å²) in [5.41, 5.74) is 2.83. The Hall–Kier alpha value is -1.31. The number of benzene rings is 1. The summed E-state index contributed by atoms with van der Waals surface area (Å²) < 4.78 is 0. The Kier molecular flexibility index (Phi) is 4.60. The molecule has 0 atom stereocenters. The lowest BCUT2D eigenvalue weighted by Crippen LogP contribution is -2.25. The predicted molar refractivity (Wildman–Crippen MR) is 73.7 cm³/mol. The molecule has 0 amide bonds. The van der Waals surface area contributed by atoms with Gasteiger partial charge in [-0.3, -0.25) is 4.99 Å². The number of rotatable bonds is 3. The first-order valence-electron chi connectivity index (χ1n) is 6.68. The highest BCUT2D eigenvalue weighted by molar-refractivity contribution is 5.82. The molecule has 1 aliphatic heterocycles. The molecule has 1 aromatic carbocycles. The topological polar surface area (TPSA) is 24.4 Å². The molecule has 92 valence electrons. The van der Waals surface area contributed by atoms with E-state index >= 15 is 0 Å². The zero-order chi connectivity index (χ0) is 11.9. The van der Waals surface area contributed by atoms with Gasteiger partial charge in [0.1, 0.15) is 0 Å². The minimum atomic E-state index is 1.00. The van der Waals surface area contributed by atoms with Crippen molar-refractivity contribution >= 4 is 5.84 Å². The second-order valence-corrected chi connectivity index (χ2v) is 4.74. The van der Waals surface area contributed by atoms with Gasteiger partial charge in [-0.2, -0.15) is 0 Å². The molecule has 0 aromatic heterocycles. The van der Waals surface area contributed by atoms with Crippen LogP contribution in [-0.4, -0.2) is 18.9 Å². The average molecular weight is 230 g/mol. The molecule has 2 nitrogen and oxygen atoms in total. The maximum Gasteiger partial charge on any atom is 0.0963 e. The molecule has 1 N–H and O–H groups in total. The fourth-order valence-electron chi connectivity index (χ4n) is 2.25. The van der Waals surface area contributed by atoms with Crippen LogP contribution in [0.25, 0.3) is 0 Å². The normalized spacial score (nSPS) is 16.2. The molecular weight excluding hydrogens is 208 g/mol. The molecule has 1 aromatic rings. The number of hydrogen-bond acceptors (Lipinski definition) is 2. The van der Waals surface area contributed by atoms with Gasteiger partial charge in [0.15, 0.2) is 0 Å². The van der Waals surface area contributed by atoms with E-state index < -0.39 is 0 Å². The molecule has 0 radical (unpaired) electrons. The molecule has 2 heteroatoms. The number of aliphatic imine (C=N–C) groups is 1. The molecule has 0 bridgehead atoms. The van der Waals surface area contributed by atoms with Crippen LogP contribution in [0.15, 0.2) is 29.3 Å². The molecule has 1 heterocycles. The van der Waals surface area contributed by atoms with Crippen LogP contribution in [0.1, 0.15) is 36.8 Å². The molecule has 0 fully saturated rings. The summed E-state index contributed by atoms with van der Waals surface area (Å²) in [5.74, 6) is 1.22. The van der Waals surface area contributed by atoms with Gasteiger partial charge in [0.05, 0.1) is 5.84 Å². The molecule has 0 saturated heterocycles. The van der Waals surface area contributed by atoms with Crippen LogP contribution in [0.5, 0.6) is 0 Å². The van der Waals surface area contributed by atoms with E-state index in [4.69, 9.17) is 0 Å². The van der Waals surface area contributed by atoms with Gasteiger partial charge in [0.2, 0.25) is 0 Å². The molecule has 2 rings (SSSR count). The number of nitrogens with zero attached hydrogens (tertiary/aromatic N) is 1. The van der Waals surface area contributed by atoms with E-state index in [0.29, 0.717) is 0 Å². The summed E-state index contributed by atoms with van der Waals surface area (Å²) in [4.78, 5) is 4.58. The average Bonchev–Trinajstić information content (AvgIpc) is 2.60. The van der Waals surface area contributed by atoms with Gasteiger partial charge in [-0.1, -0.05) is 30.7 Å². The van der Waals surface area contributed by atoms with Crippen LogP contribution in [0.2, 0.25) is 0 Å². The Morgan fingerprint density at radius 3 is 2.94 bits per heavy atom. The van der Waals surface area contributed by atoms with Crippen molar-refractivity contribution in [3.05, 3.63) is 35.4 Å². The highest BCUT2D eigenvalue weighted by Crippen LogP contribution is 2.08. The largest absolute Gasteiger partial charge is 0.374 e. The van der Waals surface area contributed by atoms with E-state index in [1.165, 1.54) is 36.2 Å². The van der Waals surface area contributed by atoms with Crippen molar-refractivity contribution in [3.8, 4) is 0 Å². The van der Waals surface area contributed by atoms with Gasteiger partial charge in [0.25, 0.3) is 0 Å². The van der Waals surface area contributed by atoms with Crippen molar-refractivity contribution in [2.75, 3.05) is 13.1 Å². The summed E-state index contributed by atoms with van der Waals surface area (Å²) in [6.45, 7) is 4.19. The number of nitrogens with one attached hydrogen (secondary N) is 1. The van der Waals surface area contributed by atoms with Crippen molar-refractivity contribution in [2.45, 2.75) is 39.0 Å². The van der Waals surface area contributed by atoms with Crippen molar-refractivity contribution in [1.29, 1.82) is 0 Å². The van der Waals surface area contributed by atoms with Gasteiger partial charge >= 0.3 is 0 Å². The van der Waals surface area contributed by atoms with Gasteiger partial charge in [-0.05, 0) is 37.3 Å². The Morgan fingerprint density at radius 2 is 2.06 bits per heavy atom. The van der Waals surface area contributed by atoms with Crippen LogP contribution < -0.4 is 5.32 Å². The van der Waals surface area contributed by atoms with Crippen LogP contribution in [0, 0.1) is 6.92 Å². The predicted octanol–water partition coefficient (Wildman–Crippen LogP) is 3.10. The van der Waals surface area contributed by atoms with Crippen LogP contribution in [-0.2, 0) is 6.42 Å². The quantitative estimate of drug-likeness (QED) is 0.847. The zero-order valence-electron chi connectivity index (χ0n) is 10.7. The van der Waals surface area contributed by atoms with Gasteiger partial charge in [-0.25, -0.2) is 0 Å². The summed E-state index contributed by atoms with van der Waals surface area (Å²) in [6, 6.07) is 8.61. The molecule has 0 unspecified atom stereocenters. The van der Waals surface area contributed by atoms with Crippen molar-refractivity contribution in [1.82, 2.24) is 5.32 Å². The van der Waals surface area contributed by atoms with E-state index in [1.807, 2.05) is 0 Å². The third kappa shape index (κ3) is 3.88. The summed E-state index contributed by atoms with van der Waals surface area (Å²) in [7, 11) is 0. The standard InChI is InChI=1S/C15H22N2/c1-13-7-4-5-8-14(13)10-12-17-15-9-3-2-6-11-16-15/h4-5,7-8H,2-3,6,9-12H2,1H3,(H,16,17). The van der Waals surface area contributed by atoms with Gasteiger partial charge < -0.3 is 5.32 Å². The van der Waals surface area contributed by atoms with Crippen LogP contribution in [0.4, 0.5) is 0 Å². The summed E-state index contributed by atoms with van der Waals surface area (Å²) in [5, 5.41) is 3.49. The molecule has 0 saturated carbocycles. The second kappa shape index (κ2) is 6.43.